The average Bonchev–Trinajstić information content (AvgIpc) is 2.92. The van der Waals surface area contributed by atoms with Gasteiger partial charge in [0.05, 0.1) is 6.54 Å². The summed E-state index contributed by atoms with van der Waals surface area (Å²) >= 11 is 9.69. The summed E-state index contributed by atoms with van der Waals surface area (Å²) in [5.41, 5.74) is 1.16. The largest absolute Gasteiger partial charge is 0.296 e. The summed E-state index contributed by atoms with van der Waals surface area (Å²) in [6.45, 7) is 3.57. The third kappa shape index (κ3) is 4.60. The third-order valence-corrected chi connectivity index (χ3v) is 3.59. The Balaban J connectivity index is 1.94. The van der Waals surface area contributed by atoms with Crippen LogP contribution >= 0.6 is 27.5 Å². The molecule has 1 heterocycles. The molecule has 4 nitrogen and oxygen atoms in total. The fraction of sp³-hybridized carbons (Fsp3) is 0.385. The highest BCUT2D eigenvalue weighted by Gasteiger charge is 2.08. The second-order valence-corrected chi connectivity index (χ2v) is 5.42. The molecule has 19 heavy (non-hydrogen) atoms. The first kappa shape index (κ1) is 14.5. The monoisotopic (exact) mass is 342 g/mol. The molecule has 102 valence electrons. The highest BCUT2D eigenvalue weighted by molar-refractivity contribution is 9.09. The molecule has 0 aliphatic carbocycles. The lowest BCUT2D eigenvalue weighted by Crippen LogP contribution is -2.29. The molecule has 0 fully saturated rings. The van der Waals surface area contributed by atoms with Crippen LogP contribution in [-0.2, 0) is 13.1 Å². The molecular formula is C13H16BrClN4. The van der Waals surface area contributed by atoms with E-state index in [2.05, 4.69) is 37.0 Å². The van der Waals surface area contributed by atoms with Crippen molar-refractivity contribution >= 4 is 27.5 Å². The summed E-state index contributed by atoms with van der Waals surface area (Å²) in [6, 6.07) is 7.97. The van der Waals surface area contributed by atoms with E-state index >= 15 is 0 Å². The van der Waals surface area contributed by atoms with Gasteiger partial charge in [-0.25, -0.2) is 4.98 Å². The van der Waals surface area contributed by atoms with Gasteiger partial charge >= 0.3 is 0 Å². The number of alkyl halides is 1. The second kappa shape index (κ2) is 7.62. The summed E-state index contributed by atoms with van der Waals surface area (Å²) < 4.78 is 1.84. The molecule has 1 aromatic carbocycles. The van der Waals surface area contributed by atoms with Gasteiger partial charge in [0.1, 0.15) is 12.7 Å². The molecule has 0 bridgehead atoms. The van der Waals surface area contributed by atoms with Crippen molar-refractivity contribution in [2.45, 2.75) is 13.1 Å². The molecule has 0 aliphatic rings. The Kier molecular flexibility index (Phi) is 5.82. The zero-order valence-corrected chi connectivity index (χ0v) is 12.9. The van der Waals surface area contributed by atoms with Gasteiger partial charge in [0, 0.05) is 30.0 Å². The van der Waals surface area contributed by atoms with Crippen molar-refractivity contribution < 1.29 is 0 Å². The van der Waals surface area contributed by atoms with Crippen LogP contribution in [0, 0.1) is 0 Å². The van der Waals surface area contributed by atoms with Crippen LogP contribution in [0.4, 0.5) is 0 Å². The molecular weight excluding hydrogens is 328 g/mol. The van der Waals surface area contributed by atoms with Crippen LogP contribution in [0.15, 0.2) is 36.9 Å². The van der Waals surface area contributed by atoms with Gasteiger partial charge in [-0.3, -0.25) is 9.58 Å². The van der Waals surface area contributed by atoms with Gasteiger partial charge in [-0.05, 0) is 11.6 Å². The molecule has 0 aliphatic heterocycles. The number of hydrogen-bond acceptors (Lipinski definition) is 3. The van der Waals surface area contributed by atoms with Crippen LogP contribution in [0.3, 0.4) is 0 Å². The highest BCUT2D eigenvalue weighted by Crippen LogP contribution is 2.17. The van der Waals surface area contributed by atoms with Crippen LogP contribution in [-0.4, -0.2) is 38.1 Å². The quantitative estimate of drug-likeness (QED) is 0.725. The predicted octanol–water partition coefficient (Wildman–Crippen LogP) is 2.83. The Morgan fingerprint density at radius 3 is 2.79 bits per heavy atom. The predicted molar refractivity (Wildman–Crippen MR) is 80.5 cm³/mol. The van der Waals surface area contributed by atoms with Gasteiger partial charge in [-0.15, -0.1) is 0 Å². The molecule has 0 amide bonds. The molecule has 0 atom stereocenters. The zero-order chi connectivity index (χ0) is 13.5. The fourth-order valence-corrected chi connectivity index (χ4v) is 2.55. The van der Waals surface area contributed by atoms with E-state index in [-0.39, 0.29) is 0 Å². The summed E-state index contributed by atoms with van der Waals surface area (Å²) in [6.07, 6.45) is 3.30. The van der Waals surface area contributed by atoms with Gasteiger partial charge in [0.2, 0.25) is 0 Å². The molecule has 0 N–H and O–H groups in total. The molecule has 2 rings (SSSR count). The lowest BCUT2D eigenvalue weighted by Gasteiger charge is -2.21. The van der Waals surface area contributed by atoms with Gasteiger partial charge in [-0.1, -0.05) is 45.7 Å². The number of hydrogen-bond donors (Lipinski definition) is 0. The van der Waals surface area contributed by atoms with E-state index in [0.29, 0.717) is 0 Å². The molecule has 0 spiro atoms. The van der Waals surface area contributed by atoms with Crippen molar-refractivity contribution in [3.63, 3.8) is 0 Å². The summed E-state index contributed by atoms with van der Waals surface area (Å²) in [5.74, 6) is 0. The van der Waals surface area contributed by atoms with Gasteiger partial charge in [0.25, 0.3) is 0 Å². The second-order valence-electron chi connectivity index (χ2n) is 4.22. The molecule has 0 unspecified atom stereocenters. The third-order valence-electron chi connectivity index (χ3n) is 2.86. The molecule has 0 saturated heterocycles. The Labute approximate surface area is 126 Å². The smallest absolute Gasteiger partial charge is 0.137 e. The van der Waals surface area contributed by atoms with Gasteiger partial charge in [-0.2, -0.15) is 5.10 Å². The van der Waals surface area contributed by atoms with Crippen LogP contribution < -0.4 is 0 Å². The van der Waals surface area contributed by atoms with E-state index in [0.717, 1.165) is 42.1 Å². The minimum atomic E-state index is 0.822. The molecule has 1 aromatic heterocycles. The maximum atomic E-state index is 6.20. The lowest BCUT2D eigenvalue weighted by atomic mass is 10.2. The van der Waals surface area contributed by atoms with E-state index in [1.807, 2.05) is 22.9 Å². The normalized spacial score (nSPS) is 11.1. The fourth-order valence-electron chi connectivity index (χ4n) is 1.85. The lowest BCUT2D eigenvalue weighted by molar-refractivity contribution is 0.266. The first-order chi connectivity index (χ1) is 9.29. The van der Waals surface area contributed by atoms with Crippen molar-refractivity contribution in [3.05, 3.63) is 47.5 Å². The van der Waals surface area contributed by atoms with E-state index in [9.17, 15) is 0 Å². The number of aromatic nitrogens is 3. The van der Waals surface area contributed by atoms with E-state index < -0.39 is 0 Å². The molecule has 0 radical (unpaired) electrons. The minimum absolute atomic E-state index is 0.822. The summed E-state index contributed by atoms with van der Waals surface area (Å²) in [5, 5.41) is 5.88. The van der Waals surface area contributed by atoms with Crippen molar-refractivity contribution in [2.75, 3.05) is 18.4 Å². The van der Waals surface area contributed by atoms with Crippen molar-refractivity contribution in [3.8, 4) is 0 Å². The summed E-state index contributed by atoms with van der Waals surface area (Å²) in [4.78, 5) is 6.29. The number of nitrogens with zero attached hydrogens (tertiary/aromatic N) is 4. The van der Waals surface area contributed by atoms with E-state index in [4.69, 9.17) is 11.6 Å². The number of rotatable bonds is 7. The SMILES string of the molecule is Clc1ccccc1CN(CCBr)CCn1cncn1. The first-order valence-corrected chi connectivity index (χ1v) is 7.63. The first-order valence-electron chi connectivity index (χ1n) is 6.13. The Morgan fingerprint density at radius 2 is 2.11 bits per heavy atom. The number of benzene rings is 1. The van der Waals surface area contributed by atoms with Gasteiger partial charge < -0.3 is 0 Å². The van der Waals surface area contributed by atoms with E-state index in [1.165, 1.54) is 0 Å². The molecule has 0 saturated carbocycles. The van der Waals surface area contributed by atoms with Gasteiger partial charge in [0.15, 0.2) is 0 Å². The Bertz CT molecular complexity index is 489. The Morgan fingerprint density at radius 1 is 1.26 bits per heavy atom. The van der Waals surface area contributed by atoms with E-state index in [1.54, 1.807) is 12.7 Å². The van der Waals surface area contributed by atoms with Crippen molar-refractivity contribution in [1.82, 2.24) is 19.7 Å². The maximum absolute atomic E-state index is 6.20. The maximum Gasteiger partial charge on any atom is 0.137 e. The highest BCUT2D eigenvalue weighted by atomic mass is 79.9. The van der Waals surface area contributed by atoms with Crippen LogP contribution in [0.5, 0.6) is 0 Å². The number of halogens is 2. The van der Waals surface area contributed by atoms with Crippen LogP contribution in [0.25, 0.3) is 0 Å². The minimum Gasteiger partial charge on any atom is -0.296 e. The average molecular weight is 344 g/mol. The molecule has 6 heteroatoms. The molecule has 2 aromatic rings. The van der Waals surface area contributed by atoms with Crippen LogP contribution in [0.1, 0.15) is 5.56 Å². The summed E-state index contributed by atoms with van der Waals surface area (Å²) in [7, 11) is 0. The zero-order valence-electron chi connectivity index (χ0n) is 10.5. The van der Waals surface area contributed by atoms with Crippen molar-refractivity contribution in [1.29, 1.82) is 0 Å². The van der Waals surface area contributed by atoms with Crippen LogP contribution in [0.2, 0.25) is 5.02 Å². The Hall–Kier alpha value is -0.910. The standard InChI is InChI=1S/C13H16BrClN4/c14-5-6-18(7-8-19-11-16-10-17-19)9-12-3-1-2-4-13(12)15/h1-4,10-11H,5-9H2. The topological polar surface area (TPSA) is 34.0 Å². The van der Waals surface area contributed by atoms with Crippen molar-refractivity contribution in [2.24, 2.45) is 0 Å².